The van der Waals surface area contributed by atoms with Gasteiger partial charge < -0.3 is 10.1 Å². The molecule has 1 aliphatic rings. The molecule has 0 bridgehead atoms. The Bertz CT molecular complexity index is 609. The second kappa shape index (κ2) is 6.06. The normalized spacial score (nSPS) is 14.9. The molecule has 0 fully saturated rings. The number of nitrogens with one attached hydrogen (secondary N) is 1. The molecule has 0 aliphatic carbocycles. The summed E-state index contributed by atoms with van der Waals surface area (Å²) in [5, 5.41) is 4.31. The molecule has 0 spiro atoms. The van der Waals surface area contributed by atoms with E-state index in [0.717, 1.165) is 34.1 Å². The van der Waals surface area contributed by atoms with Crippen molar-refractivity contribution in [2.45, 2.75) is 19.4 Å². The molecule has 20 heavy (non-hydrogen) atoms. The first-order chi connectivity index (χ1) is 9.69. The predicted octanol–water partition coefficient (Wildman–Crippen LogP) is 4.80. The van der Waals surface area contributed by atoms with E-state index in [1.165, 1.54) is 16.0 Å². The van der Waals surface area contributed by atoms with Gasteiger partial charge >= 0.3 is 0 Å². The third-order valence-corrected chi connectivity index (χ3v) is 5.94. The Labute approximate surface area is 136 Å². The largest absolute Gasteiger partial charge is 0.493 e. The number of halogens is 2. The molecule has 0 amide bonds. The van der Waals surface area contributed by atoms with Crippen molar-refractivity contribution in [1.82, 2.24) is 5.32 Å². The fourth-order valence-corrected chi connectivity index (χ4v) is 4.33. The lowest BCUT2D eigenvalue weighted by Gasteiger charge is -2.17. The van der Waals surface area contributed by atoms with Crippen LogP contribution in [-0.4, -0.2) is 13.2 Å². The summed E-state index contributed by atoms with van der Waals surface area (Å²) in [4.78, 5) is 1.22. The number of benzene rings is 1. The third kappa shape index (κ3) is 2.75. The van der Waals surface area contributed by atoms with Gasteiger partial charge in [0.15, 0.2) is 0 Å². The zero-order valence-corrected chi connectivity index (χ0v) is 14.2. The fourth-order valence-electron chi connectivity index (χ4n) is 2.48. The minimum atomic E-state index is 0.180. The van der Waals surface area contributed by atoms with Crippen molar-refractivity contribution < 1.29 is 4.74 Å². The Morgan fingerprint density at radius 1 is 1.45 bits per heavy atom. The first-order valence-corrected chi connectivity index (χ1v) is 8.61. The van der Waals surface area contributed by atoms with E-state index in [4.69, 9.17) is 16.3 Å². The molecule has 1 atom stereocenters. The van der Waals surface area contributed by atoms with Gasteiger partial charge in [0.2, 0.25) is 0 Å². The van der Waals surface area contributed by atoms with Gasteiger partial charge in [0.25, 0.3) is 0 Å². The van der Waals surface area contributed by atoms with Crippen molar-refractivity contribution in [1.29, 1.82) is 0 Å². The van der Waals surface area contributed by atoms with Crippen LogP contribution in [0.5, 0.6) is 5.75 Å². The molecule has 1 aliphatic heterocycles. The van der Waals surface area contributed by atoms with Crippen LogP contribution in [0.1, 0.15) is 29.0 Å². The van der Waals surface area contributed by atoms with E-state index in [1.807, 2.05) is 6.07 Å². The molecule has 5 heteroatoms. The molecule has 0 saturated carbocycles. The Hall–Kier alpha value is -0.550. The van der Waals surface area contributed by atoms with E-state index in [0.29, 0.717) is 0 Å². The number of thiophene rings is 1. The zero-order chi connectivity index (χ0) is 14.1. The number of fused-ring (bicyclic) bond motifs is 1. The Morgan fingerprint density at radius 2 is 2.30 bits per heavy atom. The Balaban J connectivity index is 1.98. The van der Waals surface area contributed by atoms with E-state index in [-0.39, 0.29) is 6.04 Å². The van der Waals surface area contributed by atoms with Gasteiger partial charge in [0, 0.05) is 11.3 Å². The van der Waals surface area contributed by atoms with Gasteiger partial charge in [-0.25, -0.2) is 0 Å². The van der Waals surface area contributed by atoms with E-state index in [9.17, 15) is 0 Å². The van der Waals surface area contributed by atoms with Crippen molar-refractivity contribution in [3.05, 3.63) is 49.1 Å². The molecule has 106 valence electrons. The van der Waals surface area contributed by atoms with Crippen LogP contribution in [0.15, 0.2) is 28.1 Å². The van der Waals surface area contributed by atoms with Crippen LogP contribution in [0.25, 0.3) is 0 Å². The Morgan fingerprint density at radius 3 is 3.00 bits per heavy atom. The number of hydrogen-bond donors (Lipinski definition) is 1. The molecule has 0 radical (unpaired) electrons. The summed E-state index contributed by atoms with van der Waals surface area (Å²) in [6.45, 7) is 3.82. The molecule has 1 unspecified atom stereocenters. The summed E-state index contributed by atoms with van der Waals surface area (Å²) < 4.78 is 6.56. The smallest absolute Gasteiger partial charge is 0.122 e. The number of rotatable bonds is 4. The standard InChI is InChI=1S/C15H15BrClNOS/c1-2-18-14(13-8-11(17)15(16)20-13)10-3-4-12-9(7-10)5-6-19-12/h3-4,7-8,14,18H,2,5-6H2,1H3. The summed E-state index contributed by atoms with van der Waals surface area (Å²) in [6, 6.07) is 8.68. The van der Waals surface area contributed by atoms with Crippen LogP contribution in [0.3, 0.4) is 0 Å². The van der Waals surface area contributed by atoms with Crippen molar-refractivity contribution in [2.24, 2.45) is 0 Å². The maximum atomic E-state index is 6.17. The van der Waals surface area contributed by atoms with Crippen LogP contribution < -0.4 is 10.1 Å². The van der Waals surface area contributed by atoms with Crippen LogP contribution in [0.2, 0.25) is 5.02 Å². The average molecular weight is 373 g/mol. The van der Waals surface area contributed by atoms with Crippen LogP contribution in [-0.2, 0) is 6.42 Å². The highest BCUT2D eigenvalue weighted by atomic mass is 79.9. The zero-order valence-electron chi connectivity index (χ0n) is 11.1. The van der Waals surface area contributed by atoms with E-state index in [1.54, 1.807) is 11.3 Å². The van der Waals surface area contributed by atoms with Crippen LogP contribution in [0.4, 0.5) is 0 Å². The summed E-state index contributed by atoms with van der Waals surface area (Å²) in [7, 11) is 0. The lowest BCUT2D eigenvalue weighted by molar-refractivity contribution is 0.357. The molecule has 2 aromatic rings. The van der Waals surface area contributed by atoms with Crippen molar-refractivity contribution in [2.75, 3.05) is 13.2 Å². The molecule has 0 saturated heterocycles. The highest BCUT2D eigenvalue weighted by molar-refractivity contribution is 9.11. The molecule has 3 rings (SSSR count). The van der Waals surface area contributed by atoms with E-state index in [2.05, 4.69) is 46.4 Å². The van der Waals surface area contributed by atoms with Gasteiger partial charge in [0.1, 0.15) is 5.75 Å². The highest BCUT2D eigenvalue weighted by Crippen LogP contribution is 2.38. The average Bonchev–Trinajstić information content (AvgIpc) is 3.02. The molecule has 2 nitrogen and oxygen atoms in total. The molecular formula is C15H15BrClNOS. The predicted molar refractivity (Wildman–Crippen MR) is 88.2 cm³/mol. The molecule has 1 aromatic heterocycles. The second-order valence-corrected chi connectivity index (χ2v) is 7.54. The summed E-state index contributed by atoms with van der Waals surface area (Å²) in [5.41, 5.74) is 2.56. The first kappa shape index (κ1) is 14.4. The summed E-state index contributed by atoms with van der Waals surface area (Å²) >= 11 is 11.3. The third-order valence-electron chi connectivity index (χ3n) is 3.40. The van der Waals surface area contributed by atoms with Gasteiger partial charge in [-0.2, -0.15) is 0 Å². The lowest BCUT2D eigenvalue weighted by Crippen LogP contribution is -2.21. The molecule has 1 aromatic carbocycles. The Kier molecular flexibility index (Phi) is 4.36. The van der Waals surface area contributed by atoms with Gasteiger partial charge in [-0.05, 0) is 45.7 Å². The molecule has 2 heterocycles. The molecule has 1 N–H and O–H groups in total. The maximum absolute atomic E-state index is 6.17. The molecular weight excluding hydrogens is 358 g/mol. The quantitative estimate of drug-likeness (QED) is 0.832. The van der Waals surface area contributed by atoms with Gasteiger partial charge in [-0.3, -0.25) is 0 Å². The fraction of sp³-hybridized carbons (Fsp3) is 0.333. The van der Waals surface area contributed by atoms with Crippen molar-refractivity contribution in [3.63, 3.8) is 0 Å². The SMILES string of the molecule is CCNC(c1ccc2c(c1)CCO2)c1cc(Cl)c(Br)s1. The topological polar surface area (TPSA) is 21.3 Å². The van der Waals surface area contributed by atoms with Crippen molar-refractivity contribution in [3.8, 4) is 5.75 Å². The van der Waals surface area contributed by atoms with Gasteiger partial charge in [-0.1, -0.05) is 30.7 Å². The number of hydrogen-bond acceptors (Lipinski definition) is 3. The van der Waals surface area contributed by atoms with E-state index >= 15 is 0 Å². The van der Waals surface area contributed by atoms with E-state index < -0.39 is 0 Å². The minimum Gasteiger partial charge on any atom is -0.493 e. The highest BCUT2D eigenvalue weighted by Gasteiger charge is 2.20. The van der Waals surface area contributed by atoms with Gasteiger partial charge in [-0.15, -0.1) is 11.3 Å². The summed E-state index contributed by atoms with van der Waals surface area (Å²) in [6.07, 6.45) is 0.997. The maximum Gasteiger partial charge on any atom is 0.122 e. The minimum absolute atomic E-state index is 0.180. The lowest BCUT2D eigenvalue weighted by atomic mass is 10.0. The van der Waals surface area contributed by atoms with Crippen LogP contribution in [0, 0.1) is 0 Å². The number of ether oxygens (including phenoxy) is 1. The van der Waals surface area contributed by atoms with Crippen molar-refractivity contribution >= 4 is 38.9 Å². The monoisotopic (exact) mass is 371 g/mol. The van der Waals surface area contributed by atoms with Crippen LogP contribution >= 0.6 is 38.9 Å². The summed E-state index contributed by atoms with van der Waals surface area (Å²) in [5.74, 6) is 1.02. The second-order valence-electron chi connectivity index (χ2n) is 4.73. The van der Waals surface area contributed by atoms with Gasteiger partial charge in [0.05, 0.1) is 21.5 Å². The first-order valence-electron chi connectivity index (χ1n) is 6.62.